The standard InChI is InChI=1S/C15H14O2S2/c16-15(13-7-3-1-4-8-13)17-11-12-18-19-14-9-5-2-6-10-14/h1-10H,11-12H2. The second-order valence-corrected chi connectivity index (χ2v) is 6.21. The molecule has 0 heterocycles. The number of hydrogen-bond acceptors (Lipinski definition) is 4. The van der Waals surface area contributed by atoms with Crippen molar-refractivity contribution in [2.24, 2.45) is 0 Å². The maximum Gasteiger partial charge on any atom is 0.338 e. The van der Waals surface area contributed by atoms with Gasteiger partial charge in [0, 0.05) is 10.6 Å². The van der Waals surface area contributed by atoms with Crippen LogP contribution >= 0.6 is 21.6 Å². The van der Waals surface area contributed by atoms with E-state index in [1.165, 1.54) is 4.90 Å². The Hall–Kier alpha value is -1.39. The lowest BCUT2D eigenvalue weighted by Gasteiger charge is -2.04. The molecule has 2 nitrogen and oxygen atoms in total. The van der Waals surface area contributed by atoms with Gasteiger partial charge in [0.25, 0.3) is 0 Å². The number of rotatable bonds is 6. The van der Waals surface area contributed by atoms with Crippen molar-refractivity contribution in [2.45, 2.75) is 4.90 Å². The summed E-state index contributed by atoms with van der Waals surface area (Å²) in [5, 5.41) is 0. The van der Waals surface area contributed by atoms with Gasteiger partial charge in [0.15, 0.2) is 0 Å². The quantitative estimate of drug-likeness (QED) is 0.450. The van der Waals surface area contributed by atoms with E-state index >= 15 is 0 Å². The van der Waals surface area contributed by atoms with Crippen molar-refractivity contribution in [3.63, 3.8) is 0 Å². The molecule has 2 aromatic carbocycles. The van der Waals surface area contributed by atoms with E-state index in [4.69, 9.17) is 4.74 Å². The minimum Gasteiger partial charge on any atom is -0.461 e. The molecule has 2 rings (SSSR count). The molecule has 0 fully saturated rings. The molecular formula is C15H14O2S2. The predicted molar refractivity (Wildman–Crippen MR) is 81.5 cm³/mol. The molecule has 19 heavy (non-hydrogen) atoms. The molecule has 98 valence electrons. The SMILES string of the molecule is O=C(OCCSSc1ccccc1)c1ccccc1. The molecule has 4 heteroatoms. The van der Waals surface area contributed by atoms with Gasteiger partial charge in [-0.1, -0.05) is 58.0 Å². The number of hydrogen-bond donors (Lipinski definition) is 0. The van der Waals surface area contributed by atoms with Gasteiger partial charge < -0.3 is 4.74 Å². The molecule has 0 N–H and O–H groups in total. The first-order chi connectivity index (χ1) is 9.36. The van der Waals surface area contributed by atoms with E-state index < -0.39 is 0 Å². The zero-order valence-electron chi connectivity index (χ0n) is 10.3. The zero-order valence-corrected chi connectivity index (χ0v) is 12.0. The normalized spacial score (nSPS) is 10.1. The highest BCUT2D eigenvalue weighted by Gasteiger charge is 2.05. The molecule has 0 saturated heterocycles. The van der Waals surface area contributed by atoms with Crippen molar-refractivity contribution in [1.29, 1.82) is 0 Å². The Kier molecular flexibility index (Phi) is 5.85. The number of benzene rings is 2. The molecule has 0 radical (unpaired) electrons. The molecule has 0 atom stereocenters. The van der Waals surface area contributed by atoms with E-state index in [1.54, 1.807) is 33.7 Å². The van der Waals surface area contributed by atoms with E-state index in [2.05, 4.69) is 12.1 Å². The molecule has 0 bridgehead atoms. The molecule has 0 saturated carbocycles. The lowest BCUT2D eigenvalue weighted by molar-refractivity contribution is 0.0530. The molecule has 0 aliphatic rings. The van der Waals surface area contributed by atoms with E-state index in [-0.39, 0.29) is 5.97 Å². The van der Waals surface area contributed by atoms with Crippen LogP contribution in [0.4, 0.5) is 0 Å². The van der Waals surface area contributed by atoms with Crippen LogP contribution < -0.4 is 0 Å². The van der Waals surface area contributed by atoms with Crippen molar-refractivity contribution in [3.8, 4) is 0 Å². The van der Waals surface area contributed by atoms with E-state index in [9.17, 15) is 4.79 Å². The molecule has 0 aromatic heterocycles. The highest BCUT2D eigenvalue weighted by Crippen LogP contribution is 2.30. The first-order valence-corrected chi connectivity index (χ1v) is 8.25. The number of carbonyl (C=O) groups excluding carboxylic acids is 1. The third kappa shape index (κ3) is 5.01. The minimum atomic E-state index is -0.258. The summed E-state index contributed by atoms with van der Waals surface area (Å²) < 4.78 is 5.19. The lowest BCUT2D eigenvalue weighted by atomic mass is 10.2. The van der Waals surface area contributed by atoms with E-state index in [0.717, 1.165) is 5.75 Å². The topological polar surface area (TPSA) is 26.3 Å². The maximum atomic E-state index is 11.6. The van der Waals surface area contributed by atoms with Crippen molar-refractivity contribution < 1.29 is 9.53 Å². The number of carbonyl (C=O) groups is 1. The van der Waals surface area contributed by atoms with Gasteiger partial charge in [-0.2, -0.15) is 0 Å². The summed E-state index contributed by atoms with van der Waals surface area (Å²) in [4.78, 5) is 12.8. The van der Waals surface area contributed by atoms with Crippen LogP contribution in [-0.2, 0) is 4.74 Å². The Morgan fingerprint density at radius 3 is 2.26 bits per heavy atom. The highest BCUT2D eigenvalue weighted by atomic mass is 33.1. The summed E-state index contributed by atoms with van der Waals surface area (Å²) in [5.74, 6) is 0.518. The van der Waals surface area contributed by atoms with Gasteiger partial charge in [-0.05, 0) is 24.3 Å². The fourth-order valence-corrected chi connectivity index (χ4v) is 3.25. The summed E-state index contributed by atoms with van der Waals surface area (Å²) in [6.07, 6.45) is 0. The maximum absolute atomic E-state index is 11.6. The summed E-state index contributed by atoms with van der Waals surface area (Å²) >= 11 is 0. The second kappa shape index (κ2) is 7.92. The molecule has 0 spiro atoms. The average molecular weight is 290 g/mol. The van der Waals surface area contributed by atoms with Crippen LogP contribution in [0, 0.1) is 0 Å². The summed E-state index contributed by atoms with van der Waals surface area (Å²) in [7, 11) is 3.38. The largest absolute Gasteiger partial charge is 0.461 e. The Morgan fingerprint density at radius 1 is 0.947 bits per heavy atom. The summed E-state index contributed by atoms with van der Waals surface area (Å²) in [6.45, 7) is 0.429. The van der Waals surface area contributed by atoms with Gasteiger partial charge in [0.05, 0.1) is 5.56 Å². The van der Waals surface area contributed by atoms with Crippen molar-refractivity contribution in [2.75, 3.05) is 12.4 Å². The summed E-state index contributed by atoms with van der Waals surface area (Å²) in [6, 6.07) is 19.2. The molecule has 2 aromatic rings. The number of ether oxygens (including phenoxy) is 1. The third-order valence-electron chi connectivity index (χ3n) is 2.31. The van der Waals surface area contributed by atoms with Gasteiger partial charge in [-0.25, -0.2) is 4.79 Å². The Balaban J connectivity index is 1.63. The summed E-state index contributed by atoms with van der Waals surface area (Å²) in [5.41, 5.74) is 0.600. The van der Waals surface area contributed by atoms with Crippen molar-refractivity contribution in [1.82, 2.24) is 0 Å². The van der Waals surface area contributed by atoms with E-state index in [0.29, 0.717) is 12.2 Å². The van der Waals surface area contributed by atoms with Gasteiger partial charge in [0.1, 0.15) is 6.61 Å². The highest BCUT2D eigenvalue weighted by molar-refractivity contribution is 8.76. The first kappa shape index (κ1) is 14.0. The smallest absolute Gasteiger partial charge is 0.338 e. The van der Waals surface area contributed by atoms with Crippen LogP contribution in [0.1, 0.15) is 10.4 Å². The van der Waals surface area contributed by atoms with Gasteiger partial charge in [-0.15, -0.1) is 0 Å². The van der Waals surface area contributed by atoms with Gasteiger partial charge in [-0.3, -0.25) is 0 Å². The minimum absolute atomic E-state index is 0.258. The molecule has 0 amide bonds. The molecular weight excluding hydrogens is 276 g/mol. The fourth-order valence-electron chi connectivity index (χ4n) is 1.41. The van der Waals surface area contributed by atoms with Crippen LogP contribution in [0.5, 0.6) is 0 Å². The first-order valence-electron chi connectivity index (χ1n) is 5.93. The predicted octanol–water partition coefficient (Wildman–Crippen LogP) is 4.28. The van der Waals surface area contributed by atoms with Crippen LogP contribution in [0.25, 0.3) is 0 Å². The average Bonchev–Trinajstić information content (AvgIpc) is 2.49. The fraction of sp³-hybridized carbons (Fsp3) is 0.133. The van der Waals surface area contributed by atoms with Crippen LogP contribution in [0.15, 0.2) is 65.6 Å². The van der Waals surface area contributed by atoms with Crippen LogP contribution in [0.2, 0.25) is 0 Å². The Labute approximate surface area is 121 Å². The van der Waals surface area contributed by atoms with Crippen LogP contribution in [0.3, 0.4) is 0 Å². The monoisotopic (exact) mass is 290 g/mol. The van der Waals surface area contributed by atoms with Gasteiger partial charge in [0.2, 0.25) is 0 Å². The Morgan fingerprint density at radius 2 is 1.58 bits per heavy atom. The third-order valence-corrected chi connectivity index (χ3v) is 4.65. The van der Waals surface area contributed by atoms with E-state index in [1.807, 2.05) is 36.4 Å². The molecule has 0 aliphatic carbocycles. The molecule has 0 aliphatic heterocycles. The molecule has 0 unspecified atom stereocenters. The van der Waals surface area contributed by atoms with Crippen molar-refractivity contribution in [3.05, 3.63) is 66.2 Å². The number of esters is 1. The Bertz CT molecular complexity index is 500. The second-order valence-electron chi connectivity index (χ2n) is 3.72. The zero-order chi connectivity index (χ0) is 13.3. The lowest BCUT2D eigenvalue weighted by Crippen LogP contribution is -2.07. The van der Waals surface area contributed by atoms with Gasteiger partial charge >= 0.3 is 5.97 Å². The van der Waals surface area contributed by atoms with Crippen molar-refractivity contribution >= 4 is 27.6 Å². The van der Waals surface area contributed by atoms with Crippen LogP contribution in [-0.4, -0.2) is 18.3 Å².